The number of nitriles is 1. The summed E-state index contributed by atoms with van der Waals surface area (Å²) in [5, 5.41) is 9.02. The van der Waals surface area contributed by atoms with Crippen LogP contribution in [0.5, 0.6) is 0 Å². The molecule has 2 aromatic carbocycles. The SMILES string of the molecule is CC(C)C.CC(C)OCCC#N.CC(C)OCCSC(=O)c1ccc(Cl)cc1Cl.CC(C)OCCSC(=O)c1ccccc1.COC(C)C. The number of benzene rings is 2. The Morgan fingerprint density at radius 2 is 1.12 bits per heavy atom. The van der Waals surface area contributed by atoms with Gasteiger partial charge in [-0.25, -0.2) is 0 Å². The maximum atomic E-state index is 11.8. The minimum absolute atomic E-state index is 0.0565. The summed E-state index contributed by atoms with van der Waals surface area (Å²) in [6.07, 6.45) is 1.55. The number of hydrogen-bond acceptors (Lipinski definition) is 9. The van der Waals surface area contributed by atoms with Crippen molar-refractivity contribution in [2.45, 2.75) is 107 Å². The second-order valence-corrected chi connectivity index (χ2v) is 14.9. The van der Waals surface area contributed by atoms with Gasteiger partial charge in [0.15, 0.2) is 0 Å². The molecule has 0 aliphatic rings. The molecule has 0 N–H and O–H groups in total. The first-order valence-corrected chi connectivity index (χ1v) is 19.3. The number of carbonyl (C=O) groups is 2. The molecule has 0 aliphatic carbocycles. The molecular weight excluding hydrogens is 701 g/mol. The summed E-state index contributed by atoms with van der Waals surface area (Å²) in [6, 6.07) is 16.2. The predicted molar refractivity (Wildman–Crippen MR) is 213 cm³/mol. The maximum Gasteiger partial charge on any atom is 0.220 e. The van der Waals surface area contributed by atoms with Gasteiger partial charge in [-0.2, -0.15) is 5.26 Å². The van der Waals surface area contributed by atoms with Gasteiger partial charge in [-0.05, 0) is 79.5 Å². The molecule has 280 valence electrons. The summed E-state index contributed by atoms with van der Waals surface area (Å²) in [4.78, 5) is 23.4. The van der Waals surface area contributed by atoms with E-state index in [1.807, 2.05) is 91.8 Å². The zero-order valence-electron chi connectivity index (χ0n) is 31.7. The van der Waals surface area contributed by atoms with Gasteiger partial charge in [-0.1, -0.05) is 97.8 Å². The number of methoxy groups -OCH3 is 1. The van der Waals surface area contributed by atoms with E-state index in [1.54, 1.807) is 25.3 Å². The fourth-order valence-electron chi connectivity index (χ4n) is 2.57. The molecule has 7 nitrogen and oxygen atoms in total. The molecule has 0 radical (unpaired) electrons. The normalized spacial score (nSPS) is 10.2. The van der Waals surface area contributed by atoms with E-state index >= 15 is 0 Å². The van der Waals surface area contributed by atoms with Crippen molar-refractivity contribution in [3.63, 3.8) is 0 Å². The summed E-state index contributed by atoms with van der Waals surface area (Å²) < 4.78 is 20.5. The Morgan fingerprint density at radius 1 is 0.694 bits per heavy atom. The van der Waals surface area contributed by atoms with Crippen LogP contribution in [0, 0.1) is 17.2 Å². The summed E-state index contributed by atoms with van der Waals surface area (Å²) in [5.74, 6) is 2.17. The highest BCUT2D eigenvalue weighted by Crippen LogP contribution is 2.24. The summed E-state index contributed by atoms with van der Waals surface area (Å²) in [5.41, 5.74) is 1.25. The standard InChI is InChI=1S/C12H14Cl2O2S.C12H16O2S.C6H11NO.C4H10O.C4H10/c1-8(2)16-5-6-17-12(15)10-4-3-9(13)7-11(10)14;1-10(2)14-8-9-15-12(13)11-6-4-3-5-7-11;1-6(2)8-5-3-4-7;1-4(2)5-3;1-4(2)3/h3-4,7-8H,5-6H2,1-2H3;3-7,10H,8-9H2,1-2H3;6H,3,5H2,1-2H3;4H,1-3H3;4H,1-3H3. The lowest BCUT2D eigenvalue weighted by Crippen LogP contribution is -2.07. The molecule has 0 saturated heterocycles. The topological polar surface area (TPSA) is 94.9 Å². The third kappa shape index (κ3) is 39.0. The summed E-state index contributed by atoms with van der Waals surface area (Å²) in [7, 11) is 1.70. The van der Waals surface area contributed by atoms with E-state index in [2.05, 4.69) is 20.8 Å². The van der Waals surface area contributed by atoms with E-state index in [9.17, 15) is 9.59 Å². The zero-order valence-corrected chi connectivity index (χ0v) is 34.9. The van der Waals surface area contributed by atoms with Gasteiger partial charge in [0.1, 0.15) is 0 Å². The fraction of sp³-hybridized carbons (Fsp3) is 0.605. The van der Waals surface area contributed by atoms with Crippen LogP contribution in [-0.4, -0.2) is 73.1 Å². The monoisotopic (exact) mass is 761 g/mol. The van der Waals surface area contributed by atoms with Crippen molar-refractivity contribution in [1.29, 1.82) is 5.26 Å². The van der Waals surface area contributed by atoms with Crippen molar-refractivity contribution in [1.82, 2.24) is 0 Å². The van der Waals surface area contributed by atoms with Gasteiger partial charge in [0.2, 0.25) is 10.2 Å². The number of nitrogens with zero attached hydrogens (tertiary/aromatic N) is 1. The molecule has 0 aliphatic heterocycles. The van der Waals surface area contributed by atoms with Crippen LogP contribution < -0.4 is 0 Å². The molecule has 2 aromatic rings. The molecule has 0 fully saturated rings. The Balaban J connectivity index is -0.000000598. The van der Waals surface area contributed by atoms with Crippen LogP contribution in [0.25, 0.3) is 0 Å². The Bertz CT molecular complexity index is 1120. The fourth-order valence-corrected chi connectivity index (χ4v) is 4.48. The maximum absolute atomic E-state index is 11.8. The second kappa shape index (κ2) is 34.8. The van der Waals surface area contributed by atoms with Crippen molar-refractivity contribution >= 4 is 57.0 Å². The lowest BCUT2D eigenvalue weighted by atomic mass is 10.2. The van der Waals surface area contributed by atoms with Crippen molar-refractivity contribution < 1.29 is 28.5 Å². The van der Waals surface area contributed by atoms with Gasteiger partial charge in [-0.3, -0.25) is 9.59 Å². The van der Waals surface area contributed by atoms with Crippen LogP contribution in [0.15, 0.2) is 48.5 Å². The van der Waals surface area contributed by atoms with E-state index in [0.29, 0.717) is 59.5 Å². The van der Waals surface area contributed by atoms with Crippen LogP contribution in [0.1, 0.15) is 103 Å². The van der Waals surface area contributed by atoms with Gasteiger partial charge in [0.05, 0.1) is 61.7 Å². The number of ether oxygens (including phenoxy) is 4. The minimum atomic E-state index is -0.0565. The number of carbonyl (C=O) groups excluding carboxylic acids is 2. The van der Waals surface area contributed by atoms with Crippen molar-refractivity contribution in [2.75, 3.05) is 38.4 Å². The van der Waals surface area contributed by atoms with E-state index in [4.69, 9.17) is 47.4 Å². The second-order valence-electron chi connectivity index (χ2n) is 11.9. The highest BCUT2D eigenvalue weighted by molar-refractivity contribution is 8.14. The molecule has 0 atom stereocenters. The molecular formula is C38H61Cl2NO6S2. The number of thioether (sulfide) groups is 2. The van der Waals surface area contributed by atoms with Crippen molar-refractivity contribution in [3.8, 4) is 6.07 Å². The van der Waals surface area contributed by atoms with Gasteiger partial charge in [-0.15, -0.1) is 0 Å². The Kier molecular flexibility index (Phi) is 36.8. The van der Waals surface area contributed by atoms with Gasteiger partial charge in [0.25, 0.3) is 0 Å². The molecule has 0 amide bonds. The predicted octanol–water partition coefficient (Wildman–Crippen LogP) is 11.3. The molecule has 49 heavy (non-hydrogen) atoms. The molecule has 0 spiro atoms. The molecule has 0 saturated carbocycles. The summed E-state index contributed by atoms with van der Waals surface area (Å²) >= 11 is 14.2. The highest BCUT2D eigenvalue weighted by atomic mass is 35.5. The smallest absolute Gasteiger partial charge is 0.220 e. The van der Waals surface area contributed by atoms with E-state index in [-0.39, 0.29) is 28.5 Å². The average molecular weight is 763 g/mol. The van der Waals surface area contributed by atoms with Crippen LogP contribution in [0.2, 0.25) is 10.0 Å². The van der Waals surface area contributed by atoms with Crippen LogP contribution in [0.3, 0.4) is 0 Å². The van der Waals surface area contributed by atoms with Crippen molar-refractivity contribution in [2.24, 2.45) is 5.92 Å². The molecule has 11 heteroatoms. The average Bonchev–Trinajstić information content (AvgIpc) is 3.02. The first-order valence-electron chi connectivity index (χ1n) is 16.6. The quantitative estimate of drug-likeness (QED) is 0.174. The van der Waals surface area contributed by atoms with E-state index < -0.39 is 0 Å². The number of rotatable bonds is 14. The van der Waals surface area contributed by atoms with Gasteiger partial charge >= 0.3 is 0 Å². The zero-order chi connectivity index (χ0) is 38.2. The molecule has 0 aromatic heterocycles. The summed E-state index contributed by atoms with van der Waals surface area (Å²) in [6.45, 7) is 24.1. The first-order chi connectivity index (χ1) is 23.0. The molecule has 0 bridgehead atoms. The first kappa shape index (κ1) is 51.8. The molecule has 0 unspecified atom stereocenters. The lowest BCUT2D eigenvalue weighted by Gasteiger charge is -2.07. The largest absolute Gasteiger partial charge is 0.382 e. The minimum Gasteiger partial charge on any atom is -0.382 e. The third-order valence-electron chi connectivity index (χ3n) is 4.83. The number of halogens is 2. The van der Waals surface area contributed by atoms with E-state index in [0.717, 1.165) is 11.5 Å². The number of hydrogen-bond donors (Lipinski definition) is 0. The van der Waals surface area contributed by atoms with E-state index in [1.165, 1.54) is 23.5 Å². The third-order valence-corrected chi connectivity index (χ3v) is 7.10. The van der Waals surface area contributed by atoms with Crippen molar-refractivity contribution in [3.05, 3.63) is 69.7 Å². The highest BCUT2D eigenvalue weighted by Gasteiger charge is 2.11. The van der Waals surface area contributed by atoms with Crippen LogP contribution in [-0.2, 0) is 18.9 Å². The Hall–Kier alpha value is -1.61. The van der Waals surface area contributed by atoms with Gasteiger partial charge < -0.3 is 18.9 Å². The van der Waals surface area contributed by atoms with Crippen LogP contribution in [0.4, 0.5) is 0 Å². The molecule has 0 heterocycles. The van der Waals surface area contributed by atoms with Gasteiger partial charge in [0, 0.05) is 34.8 Å². The Morgan fingerprint density at radius 3 is 1.51 bits per heavy atom. The van der Waals surface area contributed by atoms with Crippen LogP contribution >= 0.6 is 46.7 Å². The Labute approximate surface area is 316 Å². The molecule has 2 rings (SSSR count). The lowest BCUT2D eigenvalue weighted by molar-refractivity contribution is 0.0833.